The van der Waals surface area contributed by atoms with Gasteiger partial charge in [-0.3, -0.25) is 0 Å². The van der Waals surface area contributed by atoms with E-state index in [2.05, 4.69) is 53.4 Å². The maximum Gasteiger partial charge on any atom is 0.0195 e. The van der Waals surface area contributed by atoms with E-state index in [0.29, 0.717) is 10.8 Å². The van der Waals surface area contributed by atoms with Crippen molar-refractivity contribution in [3.63, 3.8) is 0 Å². The molecule has 0 rings (SSSR count). The van der Waals surface area contributed by atoms with Crippen molar-refractivity contribution in [2.75, 3.05) is 6.54 Å². The lowest BCUT2D eigenvalue weighted by Gasteiger charge is -2.31. The molecule has 1 N–H and O–H groups in total. The third-order valence-corrected chi connectivity index (χ3v) is 3.80. The molecule has 1 heteroatoms. The van der Waals surface area contributed by atoms with Crippen LogP contribution in [0.3, 0.4) is 0 Å². The van der Waals surface area contributed by atoms with Gasteiger partial charge in [-0.05, 0) is 30.1 Å². The van der Waals surface area contributed by atoms with E-state index in [1.165, 1.54) is 31.4 Å². The predicted octanol–water partition coefficient (Wildman–Crippen LogP) is 5.13. The number of allylic oxidation sites excluding steroid dienone is 1. The Kier molecular flexibility index (Phi) is 6.89. The maximum atomic E-state index is 4.06. The van der Waals surface area contributed by atoms with Gasteiger partial charge < -0.3 is 5.32 Å². The van der Waals surface area contributed by atoms with Crippen molar-refractivity contribution in [1.29, 1.82) is 0 Å². The first kappa shape index (κ1) is 16.5. The minimum atomic E-state index is 0.364. The quantitative estimate of drug-likeness (QED) is 0.588. The maximum absolute atomic E-state index is 4.06. The normalized spacial score (nSPS) is 12.6. The summed E-state index contributed by atoms with van der Waals surface area (Å²) in [6.45, 7) is 19.0. The molecule has 0 amide bonds. The molecule has 0 radical (unpaired) electrons. The lowest BCUT2D eigenvalue weighted by Crippen LogP contribution is -2.30. The first-order valence-electron chi connectivity index (χ1n) is 7.14. The second-order valence-corrected chi connectivity index (χ2v) is 6.89. The van der Waals surface area contributed by atoms with E-state index < -0.39 is 0 Å². The van der Waals surface area contributed by atoms with Gasteiger partial charge in [0.25, 0.3) is 0 Å². The molecule has 0 spiro atoms. The van der Waals surface area contributed by atoms with Gasteiger partial charge in [0.1, 0.15) is 0 Å². The van der Waals surface area contributed by atoms with Crippen LogP contribution >= 0.6 is 0 Å². The summed E-state index contributed by atoms with van der Waals surface area (Å²) in [4.78, 5) is 0. The summed E-state index contributed by atoms with van der Waals surface area (Å²) >= 11 is 0. The van der Waals surface area contributed by atoms with Crippen LogP contribution in [0.1, 0.15) is 73.6 Å². The second kappa shape index (κ2) is 7.08. The standard InChI is InChI=1S/C16H33N/c1-8-10-14(3)17-13-16(6,7)12-11-15(4,5)9-2/h17H,3,8-13H2,1-2,4-7H3. The smallest absolute Gasteiger partial charge is 0.0195 e. The molecule has 0 aliphatic heterocycles. The van der Waals surface area contributed by atoms with Crippen LogP contribution in [0.25, 0.3) is 0 Å². The third-order valence-electron chi connectivity index (χ3n) is 3.80. The van der Waals surface area contributed by atoms with Crippen molar-refractivity contribution >= 4 is 0 Å². The molecule has 0 fully saturated rings. The van der Waals surface area contributed by atoms with Gasteiger partial charge in [0, 0.05) is 12.2 Å². The Balaban J connectivity index is 3.99. The molecule has 0 saturated carbocycles. The largest absolute Gasteiger partial charge is 0.388 e. The highest BCUT2D eigenvalue weighted by atomic mass is 14.9. The Bertz CT molecular complexity index is 226. The molecule has 0 aliphatic rings. The van der Waals surface area contributed by atoms with Gasteiger partial charge in [-0.25, -0.2) is 0 Å². The van der Waals surface area contributed by atoms with E-state index in [1.807, 2.05) is 0 Å². The van der Waals surface area contributed by atoms with Crippen molar-refractivity contribution in [3.8, 4) is 0 Å². The lowest BCUT2D eigenvalue weighted by molar-refractivity contribution is 0.231. The molecular weight excluding hydrogens is 206 g/mol. The van der Waals surface area contributed by atoms with Gasteiger partial charge in [0.2, 0.25) is 0 Å². The Hall–Kier alpha value is -0.460. The van der Waals surface area contributed by atoms with Crippen LogP contribution in [0.5, 0.6) is 0 Å². The summed E-state index contributed by atoms with van der Waals surface area (Å²) in [5, 5.41) is 3.48. The first-order chi connectivity index (χ1) is 7.72. The minimum Gasteiger partial charge on any atom is -0.388 e. The van der Waals surface area contributed by atoms with Crippen LogP contribution in [0.2, 0.25) is 0 Å². The van der Waals surface area contributed by atoms with Crippen molar-refractivity contribution in [3.05, 3.63) is 12.3 Å². The molecule has 17 heavy (non-hydrogen) atoms. The van der Waals surface area contributed by atoms with Crippen LogP contribution in [0, 0.1) is 10.8 Å². The van der Waals surface area contributed by atoms with E-state index >= 15 is 0 Å². The summed E-state index contributed by atoms with van der Waals surface area (Å²) in [7, 11) is 0. The third kappa shape index (κ3) is 8.29. The fraction of sp³-hybridized carbons (Fsp3) is 0.875. The van der Waals surface area contributed by atoms with Crippen LogP contribution in [0.15, 0.2) is 12.3 Å². The van der Waals surface area contributed by atoms with Crippen LogP contribution in [-0.2, 0) is 0 Å². The van der Waals surface area contributed by atoms with E-state index in [0.717, 1.165) is 13.0 Å². The Labute approximate surface area is 109 Å². The molecule has 0 aromatic rings. The fourth-order valence-electron chi connectivity index (χ4n) is 1.70. The molecule has 0 saturated heterocycles. The molecule has 0 atom stereocenters. The molecule has 0 aliphatic carbocycles. The summed E-state index contributed by atoms with van der Waals surface area (Å²) in [6, 6.07) is 0. The fourth-order valence-corrected chi connectivity index (χ4v) is 1.70. The molecule has 0 unspecified atom stereocenters. The molecule has 102 valence electrons. The zero-order chi connectivity index (χ0) is 13.5. The Morgan fingerprint density at radius 3 is 2.00 bits per heavy atom. The van der Waals surface area contributed by atoms with Crippen molar-refractivity contribution in [2.45, 2.75) is 73.6 Å². The average molecular weight is 239 g/mol. The topological polar surface area (TPSA) is 12.0 Å². The first-order valence-corrected chi connectivity index (χ1v) is 7.14. The molecule has 0 bridgehead atoms. The zero-order valence-electron chi connectivity index (χ0n) is 12.9. The Morgan fingerprint density at radius 1 is 1.00 bits per heavy atom. The van der Waals surface area contributed by atoms with E-state index in [4.69, 9.17) is 0 Å². The molecular formula is C16H33N. The van der Waals surface area contributed by atoms with Crippen LogP contribution < -0.4 is 5.32 Å². The minimum absolute atomic E-state index is 0.364. The summed E-state index contributed by atoms with van der Waals surface area (Å²) in [5.41, 5.74) is 2.04. The highest BCUT2D eigenvalue weighted by Gasteiger charge is 2.23. The number of hydrogen-bond acceptors (Lipinski definition) is 1. The van der Waals surface area contributed by atoms with Gasteiger partial charge in [-0.1, -0.05) is 61.0 Å². The zero-order valence-corrected chi connectivity index (χ0v) is 12.9. The van der Waals surface area contributed by atoms with E-state index in [9.17, 15) is 0 Å². The molecule has 1 nitrogen and oxygen atoms in total. The summed E-state index contributed by atoms with van der Waals surface area (Å²) < 4.78 is 0. The van der Waals surface area contributed by atoms with E-state index in [1.54, 1.807) is 0 Å². The van der Waals surface area contributed by atoms with Gasteiger partial charge >= 0.3 is 0 Å². The molecule has 0 aromatic heterocycles. The van der Waals surface area contributed by atoms with Gasteiger partial charge in [-0.2, -0.15) is 0 Å². The number of rotatable bonds is 9. The molecule has 0 heterocycles. The highest BCUT2D eigenvalue weighted by molar-refractivity contribution is 4.92. The second-order valence-electron chi connectivity index (χ2n) is 6.89. The highest BCUT2D eigenvalue weighted by Crippen LogP contribution is 2.32. The summed E-state index contributed by atoms with van der Waals surface area (Å²) in [5.74, 6) is 0. The van der Waals surface area contributed by atoms with Crippen molar-refractivity contribution in [2.24, 2.45) is 10.8 Å². The van der Waals surface area contributed by atoms with Crippen molar-refractivity contribution in [1.82, 2.24) is 5.32 Å². The van der Waals surface area contributed by atoms with Gasteiger partial charge in [-0.15, -0.1) is 0 Å². The number of hydrogen-bond donors (Lipinski definition) is 1. The van der Waals surface area contributed by atoms with Crippen molar-refractivity contribution < 1.29 is 0 Å². The SMILES string of the molecule is C=C(CCC)NCC(C)(C)CCC(C)(C)CC. The monoisotopic (exact) mass is 239 g/mol. The van der Waals surface area contributed by atoms with Crippen LogP contribution in [0.4, 0.5) is 0 Å². The average Bonchev–Trinajstić information content (AvgIpc) is 2.25. The van der Waals surface area contributed by atoms with Crippen LogP contribution in [-0.4, -0.2) is 6.54 Å². The number of nitrogens with one attached hydrogen (secondary N) is 1. The van der Waals surface area contributed by atoms with Gasteiger partial charge in [0.05, 0.1) is 0 Å². The summed E-state index contributed by atoms with van der Waals surface area (Å²) in [6.07, 6.45) is 6.11. The lowest BCUT2D eigenvalue weighted by atomic mass is 9.77. The Morgan fingerprint density at radius 2 is 1.53 bits per heavy atom. The van der Waals surface area contributed by atoms with E-state index in [-0.39, 0.29) is 0 Å². The molecule has 0 aromatic carbocycles. The van der Waals surface area contributed by atoms with Gasteiger partial charge in [0.15, 0.2) is 0 Å². The predicted molar refractivity (Wildman–Crippen MR) is 79.1 cm³/mol.